The van der Waals surface area contributed by atoms with Crippen LogP contribution in [0.3, 0.4) is 0 Å². The molecule has 0 saturated carbocycles. The van der Waals surface area contributed by atoms with Gasteiger partial charge in [0.25, 0.3) is 0 Å². The molecule has 0 saturated heterocycles. The number of ether oxygens (including phenoxy) is 1. The normalized spacial score (nSPS) is 22.4. The number of hydrogen-bond donors (Lipinski definition) is 1. The average molecular weight is 231 g/mol. The molecule has 88 valence electrons. The Balaban J connectivity index is 2.40. The Morgan fingerprint density at radius 3 is 2.69 bits per heavy atom. The van der Waals surface area contributed by atoms with Crippen LogP contribution in [-0.2, 0) is 0 Å². The predicted octanol–water partition coefficient (Wildman–Crippen LogP) is 2.29. The van der Waals surface area contributed by atoms with E-state index in [1.54, 1.807) is 0 Å². The molecule has 5 heteroatoms. The van der Waals surface area contributed by atoms with Crippen LogP contribution in [0.15, 0.2) is 18.2 Å². The molecule has 1 aliphatic heterocycles. The van der Waals surface area contributed by atoms with Crippen molar-refractivity contribution in [1.29, 1.82) is 0 Å². The molecule has 2 N–H and O–H groups in total. The third-order valence-electron chi connectivity index (χ3n) is 2.78. The first-order valence-corrected chi connectivity index (χ1v) is 4.96. The van der Waals surface area contributed by atoms with Gasteiger partial charge in [0.2, 0.25) is 0 Å². The van der Waals surface area contributed by atoms with Crippen molar-refractivity contribution in [2.24, 2.45) is 5.73 Å². The third-order valence-corrected chi connectivity index (χ3v) is 2.78. The van der Waals surface area contributed by atoms with Gasteiger partial charge in [-0.2, -0.15) is 0 Å². The minimum absolute atomic E-state index is 0.0104. The lowest BCUT2D eigenvalue weighted by molar-refractivity contribution is -0.00792. The number of benzene rings is 1. The fraction of sp³-hybridized carbons (Fsp3) is 0.455. The lowest BCUT2D eigenvalue weighted by atomic mass is 9.89. The maximum atomic E-state index is 13.0. The van der Waals surface area contributed by atoms with E-state index in [-0.39, 0.29) is 12.2 Å². The van der Waals surface area contributed by atoms with Gasteiger partial charge in [0.1, 0.15) is 24.9 Å². The second kappa shape index (κ2) is 3.97. The van der Waals surface area contributed by atoms with Gasteiger partial charge in [0.15, 0.2) is 5.60 Å². The molecule has 0 aliphatic carbocycles. The minimum Gasteiger partial charge on any atom is -0.481 e. The van der Waals surface area contributed by atoms with Gasteiger partial charge in [0, 0.05) is 18.0 Å². The Labute approximate surface area is 91.2 Å². The summed E-state index contributed by atoms with van der Waals surface area (Å²) in [6.45, 7) is -1.90. The van der Waals surface area contributed by atoms with Crippen molar-refractivity contribution in [3.8, 4) is 5.75 Å². The summed E-state index contributed by atoms with van der Waals surface area (Å²) in [6, 6.07) is 3.16. The summed E-state index contributed by atoms with van der Waals surface area (Å²) in [4.78, 5) is 0. The SMILES string of the molecule is N[C@@H]1CC(CF)(CF)Oc2ccc(F)cc21. The van der Waals surface area contributed by atoms with Gasteiger partial charge in [-0.05, 0) is 18.2 Å². The largest absolute Gasteiger partial charge is 0.481 e. The first-order chi connectivity index (χ1) is 7.60. The summed E-state index contributed by atoms with van der Waals surface area (Å²) in [7, 11) is 0. The van der Waals surface area contributed by atoms with Crippen LogP contribution in [0.2, 0.25) is 0 Å². The highest BCUT2D eigenvalue weighted by Crippen LogP contribution is 2.39. The van der Waals surface area contributed by atoms with E-state index in [1.807, 2.05) is 0 Å². The summed E-state index contributed by atoms with van der Waals surface area (Å²) in [5.74, 6) is -0.179. The van der Waals surface area contributed by atoms with Crippen molar-refractivity contribution >= 4 is 0 Å². The highest BCUT2D eigenvalue weighted by molar-refractivity contribution is 5.39. The molecular weight excluding hydrogens is 219 g/mol. The van der Waals surface area contributed by atoms with Gasteiger partial charge < -0.3 is 10.5 Å². The molecule has 2 rings (SSSR count). The van der Waals surface area contributed by atoms with E-state index in [4.69, 9.17) is 10.5 Å². The van der Waals surface area contributed by atoms with E-state index in [0.717, 1.165) is 0 Å². The predicted molar refractivity (Wildman–Crippen MR) is 53.3 cm³/mol. The fourth-order valence-electron chi connectivity index (χ4n) is 1.89. The highest BCUT2D eigenvalue weighted by Gasteiger charge is 2.40. The number of halogens is 3. The molecule has 1 aromatic carbocycles. The number of hydrogen-bond acceptors (Lipinski definition) is 2. The molecule has 0 bridgehead atoms. The maximum Gasteiger partial charge on any atom is 0.167 e. The Morgan fingerprint density at radius 2 is 2.06 bits per heavy atom. The number of rotatable bonds is 2. The molecule has 16 heavy (non-hydrogen) atoms. The molecule has 1 aromatic rings. The van der Waals surface area contributed by atoms with E-state index in [0.29, 0.717) is 5.56 Å². The van der Waals surface area contributed by atoms with Gasteiger partial charge in [-0.3, -0.25) is 0 Å². The lowest BCUT2D eigenvalue weighted by Gasteiger charge is -2.37. The van der Waals surface area contributed by atoms with Crippen LogP contribution in [0, 0.1) is 5.82 Å². The van der Waals surface area contributed by atoms with Gasteiger partial charge in [-0.1, -0.05) is 0 Å². The molecular formula is C11H12F3NO. The van der Waals surface area contributed by atoms with E-state index >= 15 is 0 Å². The van der Waals surface area contributed by atoms with Crippen LogP contribution in [0.1, 0.15) is 18.0 Å². The van der Waals surface area contributed by atoms with Gasteiger partial charge >= 0.3 is 0 Å². The average Bonchev–Trinajstić information content (AvgIpc) is 2.30. The third kappa shape index (κ3) is 1.75. The van der Waals surface area contributed by atoms with Crippen LogP contribution in [0.5, 0.6) is 5.75 Å². The zero-order valence-electron chi connectivity index (χ0n) is 8.55. The molecule has 2 nitrogen and oxygen atoms in total. The highest BCUT2D eigenvalue weighted by atomic mass is 19.1. The number of alkyl halides is 2. The summed E-state index contributed by atoms with van der Waals surface area (Å²) in [5.41, 5.74) is 4.71. The van der Waals surface area contributed by atoms with Crippen molar-refractivity contribution in [1.82, 2.24) is 0 Å². The molecule has 0 amide bonds. The summed E-state index contributed by atoms with van der Waals surface area (Å²) in [5, 5.41) is 0. The van der Waals surface area contributed by atoms with Crippen LogP contribution >= 0.6 is 0 Å². The van der Waals surface area contributed by atoms with E-state index in [9.17, 15) is 13.2 Å². The smallest absolute Gasteiger partial charge is 0.167 e. The van der Waals surface area contributed by atoms with Gasteiger partial charge in [0.05, 0.1) is 0 Å². The van der Waals surface area contributed by atoms with Crippen molar-refractivity contribution in [2.45, 2.75) is 18.1 Å². The van der Waals surface area contributed by atoms with Crippen LogP contribution in [-0.4, -0.2) is 19.0 Å². The zero-order chi connectivity index (χ0) is 11.8. The van der Waals surface area contributed by atoms with E-state index in [2.05, 4.69) is 0 Å². The summed E-state index contributed by atoms with van der Waals surface area (Å²) >= 11 is 0. The molecule has 0 fully saturated rings. The molecule has 1 aliphatic rings. The Morgan fingerprint density at radius 1 is 1.38 bits per heavy atom. The maximum absolute atomic E-state index is 13.0. The van der Waals surface area contributed by atoms with Gasteiger partial charge in [-0.15, -0.1) is 0 Å². The summed E-state index contributed by atoms with van der Waals surface area (Å²) in [6.07, 6.45) is 0.0104. The Hall–Kier alpha value is -1.23. The molecule has 1 heterocycles. The van der Waals surface area contributed by atoms with Crippen molar-refractivity contribution in [3.05, 3.63) is 29.6 Å². The van der Waals surface area contributed by atoms with Crippen molar-refractivity contribution in [3.63, 3.8) is 0 Å². The Kier molecular flexibility index (Phi) is 2.80. The second-order valence-electron chi connectivity index (χ2n) is 4.05. The van der Waals surface area contributed by atoms with Crippen LogP contribution < -0.4 is 10.5 Å². The zero-order valence-corrected chi connectivity index (χ0v) is 8.55. The quantitative estimate of drug-likeness (QED) is 0.847. The molecule has 0 radical (unpaired) electrons. The van der Waals surface area contributed by atoms with E-state index in [1.165, 1.54) is 18.2 Å². The molecule has 0 aromatic heterocycles. The second-order valence-corrected chi connectivity index (χ2v) is 4.05. The standard InChI is InChI=1S/C11H12F3NO/c12-5-11(6-13)4-9(15)8-3-7(14)1-2-10(8)16-11/h1-3,9H,4-6,15H2/t9-/m1/s1. The first kappa shape index (κ1) is 11.3. The molecule has 0 spiro atoms. The molecule has 0 unspecified atom stereocenters. The Bertz CT molecular complexity index is 393. The van der Waals surface area contributed by atoms with Crippen LogP contribution in [0.4, 0.5) is 13.2 Å². The van der Waals surface area contributed by atoms with Crippen LogP contribution in [0.25, 0.3) is 0 Å². The first-order valence-electron chi connectivity index (χ1n) is 4.96. The number of nitrogens with two attached hydrogens (primary N) is 1. The van der Waals surface area contributed by atoms with Crippen molar-refractivity contribution in [2.75, 3.05) is 13.3 Å². The topological polar surface area (TPSA) is 35.2 Å². The summed E-state index contributed by atoms with van der Waals surface area (Å²) < 4.78 is 43.8. The molecule has 1 atom stereocenters. The van der Waals surface area contributed by atoms with Crippen molar-refractivity contribution < 1.29 is 17.9 Å². The van der Waals surface area contributed by atoms with Gasteiger partial charge in [-0.25, -0.2) is 13.2 Å². The monoisotopic (exact) mass is 231 g/mol. The lowest BCUT2D eigenvalue weighted by Crippen LogP contribution is -2.46. The number of fused-ring (bicyclic) bond motifs is 1. The fourth-order valence-corrected chi connectivity index (χ4v) is 1.89. The minimum atomic E-state index is -1.51. The van der Waals surface area contributed by atoms with E-state index < -0.39 is 30.8 Å².